The third-order valence-electron chi connectivity index (χ3n) is 1.14. The molecular weight excluding hydrogens is 181 g/mol. The highest BCUT2D eigenvalue weighted by Gasteiger charge is 2.37. The zero-order valence-electron chi connectivity index (χ0n) is 7.87. The molecule has 0 aromatic carbocycles. The Bertz CT molecular complexity index is 214. The maximum atomic E-state index is 11.8. The third-order valence-corrected chi connectivity index (χ3v) is 1.14. The Morgan fingerprint density at radius 1 is 1.23 bits per heavy atom. The van der Waals surface area contributed by atoms with E-state index in [0.717, 1.165) is 0 Å². The summed E-state index contributed by atoms with van der Waals surface area (Å²) in [6.07, 6.45) is -7.45. The third kappa shape index (κ3) is 6.47. The summed E-state index contributed by atoms with van der Waals surface area (Å²) in [6.45, 7) is 5.37. The molecule has 1 atom stereocenters. The summed E-state index contributed by atoms with van der Waals surface area (Å²) < 4.78 is 35.3. The lowest BCUT2D eigenvalue weighted by Gasteiger charge is -2.11. The van der Waals surface area contributed by atoms with E-state index < -0.39 is 18.7 Å². The Hall–Kier alpha value is -0.690. The Morgan fingerprint density at radius 3 is 2.00 bits per heavy atom. The molecule has 0 saturated carbocycles. The first-order chi connectivity index (χ1) is 5.63. The van der Waals surface area contributed by atoms with Crippen molar-refractivity contribution in [2.75, 3.05) is 0 Å². The second kappa shape index (κ2) is 4.01. The number of halogens is 3. The second-order valence-electron chi connectivity index (χ2n) is 3.81. The highest BCUT2D eigenvalue weighted by molar-refractivity contribution is 5.08. The maximum Gasteiger partial charge on any atom is 0.415 e. The Balaban J connectivity index is 4.09. The van der Waals surface area contributed by atoms with Crippen LogP contribution in [0.2, 0.25) is 0 Å². The average Bonchev–Trinajstić information content (AvgIpc) is 1.82. The number of rotatable bonds is 1. The molecule has 0 radical (unpaired) electrons. The van der Waals surface area contributed by atoms with Crippen molar-refractivity contribution in [2.45, 2.75) is 39.5 Å². The van der Waals surface area contributed by atoms with Gasteiger partial charge in [0, 0.05) is 11.8 Å². The molecule has 13 heavy (non-hydrogen) atoms. The molecule has 76 valence electrons. The smallest absolute Gasteiger partial charge is 0.383 e. The first kappa shape index (κ1) is 12.3. The number of hydrogen-bond donors (Lipinski definition) is 1. The molecule has 0 spiro atoms. The summed E-state index contributed by atoms with van der Waals surface area (Å²) in [5, 5.41) is 8.56. The monoisotopic (exact) mass is 194 g/mol. The lowest BCUT2D eigenvalue weighted by Crippen LogP contribution is -2.27. The lowest BCUT2D eigenvalue weighted by atomic mass is 9.97. The van der Waals surface area contributed by atoms with Gasteiger partial charge in [0.15, 0.2) is 6.10 Å². The van der Waals surface area contributed by atoms with Crippen molar-refractivity contribution < 1.29 is 18.3 Å². The highest BCUT2D eigenvalue weighted by Crippen LogP contribution is 2.22. The number of aliphatic hydroxyl groups excluding tert-OH is 1. The fourth-order valence-electron chi connectivity index (χ4n) is 0.529. The van der Waals surface area contributed by atoms with E-state index in [1.165, 1.54) is 0 Å². The van der Waals surface area contributed by atoms with Gasteiger partial charge in [-0.2, -0.15) is 13.2 Å². The minimum absolute atomic E-state index is 0.328. The normalized spacial score (nSPS) is 14.7. The van der Waals surface area contributed by atoms with Gasteiger partial charge < -0.3 is 5.11 Å². The SMILES string of the molecule is CC(C)(C)C#CCC(O)C(F)(F)F. The number of hydrogen-bond acceptors (Lipinski definition) is 1. The van der Waals surface area contributed by atoms with Gasteiger partial charge in [-0.3, -0.25) is 0 Å². The first-order valence-electron chi connectivity index (χ1n) is 3.88. The van der Waals surface area contributed by atoms with E-state index in [1.807, 2.05) is 0 Å². The van der Waals surface area contributed by atoms with Crippen molar-refractivity contribution in [2.24, 2.45) is 5.41 Å². The van der Waals surface area contributed by atoms with Crippen molar-refractivity contribution >= 4 is 0 Å². The lowest BCUT2D eigenvalue weighted by molar-refractivity contribution is -0.201. The first-order valence-corrected chi connectivity index (χ1v) is 3.88. The van der Waals surface area contributed by atoms with Crippen LogP contribution in [-0.4, -0.2) is 17.4 Å². The molecule has 0 aliphatic carbocycles. The zero-order chi connectivity index (χ0) is 10.7. The van der Waals surface area contributed by atoms with Crippen LogP contribution in [0.3, 0.4) is 0 Å². The van der Waals surface area contributed by atoms with Gasteiger partial charge in [-0.25, -0.2) is 0 Å². The van der Waals surface area contributed by atoms with Crippen LogP contribution in [0.1, 0.15) is 27.2 Å². The van der Waals surface area contributed by atoms with E-state index in [9.17, 15) is 13.2 Å². The molecule has 0 rings (SSSR count). The standard InChI is InChI=1S/C9H13F3O/c1-8(2,3)6-4-5-7(13)9(10,11)12/h7,13H,5H2,1-3H3. The minimum Gasteiger partial charge on any atom is -0.383 e. The van der Waals surface area contributed by atoms with Crippen molar-refractivity contribution in [3.05, 3.63) is 0 Å². The molecule has 0 aliphatic heterocycles. The Kier molecular flexibility index (Phi) is 3.80. The summed E-state index contributed by atoms with van der Waals surface area (Å²) in [5.74, 6) is 4.93. The van der Waals surface area contributed by atoms with Crippen LogP contribution in [0, 0.1) is 17.3 Å². The highest BCUT2D eigenvalue weighted by atomic mass is 19.4. The predicted molar refractivity (Wildman–Crippen MR) is 43.9 cm³/mol. The molecule has 0 aliphatic rings. The van der Waals surface area contributed by atoms with E-state index >= 15 is 0 Å². The molecule has 4 heteroatoms. The molecule has 0 aromatic heterocycles. The molecule has 1 nitrogen and oxygen atoms in total. The molecule has 0 heterocycles. The molecule has 0 aromatic rings. The van der Waals surface area contributed by atoms with Crippen LogP contribution in [0.4, 0.5) is 13.2 Å². The van der Waals surface area contributed by atoms with E-state index in [1.54, 1.807) is 20.8 Å². The van der Waals surface area contributed by atoms with E-state index in [2.05, 4.69) is 11.8 Å². The zero-order valence-corrected chi connectivity index (χ0v) is 7.87. The summed E-state index contributed by atoms with van der Waals surface area (Å²) >= 11 is 0. The van der Waals surface area contributed by atoms with Gasteiger partial charge in [-0.15, -0.1) is 0 Å². The molecular formula is C9H13F3O. The fraction of sp³-hybridized carbons (Fsp3) is 0.778. The van der Waals surface area contributed by atoms with Gasteiger partial charge in [0.2, 0.25) is 0 Å². The van der Waals surface area contributed by atoms with Gasteiger partial charge in [-0.1, -0.05) is 11.8 Å². The van der Waals surface area contributed by atoms with Crippen molar-refractivity contribution in [1.29, 1.82) is 0 Å². The van der Waals surface area contributed by atoms with E-state index in [4.69, 9.17) is 5.11 Å². The number of alkyl halides is 3. The molecule has 0 bridgehead atoms. The Morgan fingerprint density at radius 2 is 1.69 bits per heavy atom. The van der Waals surface area contributed by atoms with Crippen LogP contribution in [-0.2, 0) is 0 Å². The van der Waals surface area contributed by atoms with Crippen molar-refractivity contribution in [3.8, 4) is 11.8 Å². The molecule has 1 unspecified atom stereocenters. The van der Waals surface area contributed by atoms with Gasteiger partial charge in [0.25, 0.3) is 0 Å². The maximum absolute atomic E-state index is 11.8. The second-order valence-corrected chi connectivity index (χ2v) is 3.81. The number of aliphatic hydroxyl groups is 1. The largest absolute Gasteiger partial charge is 0.415 e. The molecule has 0 fully saturated rings. The molecule has 0 amide bonds. The van der Waals surface area contributed by atoms with Crippen LogP contribution < -0.4 is 0 Å². The van der Waals surface area contributed by atoms with Gasteiger partial charge in [0.1, 0.15) is 0 Å². The molecule has 1 N–H and O–H groups in total. The van der Waals surface area contributed by atoms with Gasteiger partial charge >= 0.3 is 6.18 Å². The summed E-state index contributed by atoms with van der Waals surface area (Å²) in [6, 6.07) is 0. The summed E-state index contributed by atoms with van der Waals surface area (Å²) in [4.78, 5) is 0. The Labute approximate surface area is 75.9 Å². The van der Waals surface area contributed by atoms with Crippen molar-refractivity contribution in [3.63, 3.8) is 0 Å². The van der Waals surface area contributed by atoms with Gasteiger partial charge in [0.05, 0.1) is 0 Å². The van der Waals surface area contributed by atoms with Crippen LogP contribution in [0.15, 0.2) is 0 Å². The van der Waals surface area contributed by atoms with Crippen LogP contribution in [0.25, 0.3) is 0 Å². The van der Waals surface area contributed by atoms with Crippen LogP contribution >= 0.6 is 0 Å². The predicted octanol–water partition coefficient (Wildman–Crippen LogP) is 2.35. The summed E-state index contributed by atoms with van der Waals surface area (Å²) in [5.41, 5.74) is -0.328. The average molecular weight is 194 g/mol. The minimum atomic E-state index is -4.56. The van der Waals surface area contributed by atoms with E-state index in [-0.39, 0.29) is 5.41 Å². The van der Waals surface area contributed by atoms with E-state index in [0.29, 0.717) is 0 Å². The summed E-state index contributed by atoms with van der Waals surface area (Å²) in [7, 11) is 0. The molecule has 0 saturated heterocycles. The van der Waals surface area contributed by atoms with Gasteiger partial charge in [-0.05, 0) is 20.8 Å². The van der Waals surface area contributed by atoms with Crippen molar-refractivity contribution in [1.82, 2.24) is 0 Å². The fourth-order valence-corrected chi connectivity index (χ4v) is 0.529. The topological polar surface area (TPSA) is 20.2 Å². The van der Waals surface area contributed by atoms with Crippen LogP contribution in [0.5, 0.6) is 0 Å². The quantitative estimate of drug-likeness (QED) is 0.635.